The molecule has 2 aliphatic rings. The van der Waals surface area contributed by atoms with Crippen LogP contribution in [0.15, 0.2) is 188 Å². The van der Waals surface area contributed by atoms with Crippen molar-refractivity contribution in [1.29, 1.82) is 0 Å². The zero-order valence-electron chi connectivity index (χ0n) is 30.6. The van der Waals surface area contributed by atoms with Crippen molar-refractivity contribution in [3.8, 4) is 18.0 Å². The highest BCUT2D eigenvalue weighted by molar-refractivity contribution is 6.10. The highest BCUT2D eigenvalue weighted by Gasteiger charge is 2.25. The molecule has 0 radical (unpaired) electrons. The van der Waals surface area contributed by atoms with Gasteiger partial charge in [0.1, 0.15) is 0 Å². The van der Waals surface area contributed by atoms with Crippen molar-refractivity contribution in [2.45, 2.75) is 26.7 Å². The molecular formula is C51H44N2. The number of hydrogen-bond acceptors (Lipinski definition) is 1. The average molecular weight is 685 g/mol. The molecule has 1 heterocycles. The molecule has 1 aromatic heterocycles. The van der Waals surface area contributed by atoms with E-state index in [0.717, 1.165) is 33.9 Å². The van der Waals surface area contributed by atoms with E-state index in [4.69, 9.17) is 6.42 Å². The maximum atomic E-state index is 5.51. The third-order valence-corrected chi connectivity index (χ3v) is 10.9. The molecule has 0 saturated carbocycles. The second-order valence-electron chi connectivity index (χ2n) is 14.2. The van der Waals surface area contributed by atoms with Gasteiger partial charge in [-0.2, -0.15) is 0 Å². The van der Waals surface area contributed by atoms with Crippen molar-refractivity contribution in [2.75, 3.05) is 4.90 Å². The molecule has 0 bridgehead atoms. The molecule has 2 heteroatoms. The van der Waals surface area contributed by atoms with Crippen LogP contribution in [0.25, 0.3) is 33.1 Å². The first-order valence-electron chi connectivity index (χ1n) is 18.7. The van der Waals surface area contributed by atoms with Crippen LogP contribution >= 0.6 is 0 Å². The lowest BCUT2D eigenvalue weighted by Gasteiger charge is -2.29. The predicted molar refractivity (Wildman–Crippen MR) is 227 cm³/mol. The minimum Gasteiger partial charge on any atom is -0.310 e. The SMILES string of the molecule is C#C/C=C\C(=C/C)c1ccc(N(c2ccccc2)c2ccc3c4ccccc4n(-c4ccc(C5C=CC(C6C=CC=CC6C)=CC5C)cc4)c3c2)cc1. The Morgan fingerprint density at radius 3 is 2.11 bits per heavy atom. The van der Waals surface area contributed by atoms with Crippen molar-refractivity contribution < 1.29 is 0 Å². The number of terminal acetylenes is 1. The molecular weight excluding hydrogens is 641 g/mol. The molecule has 8 rings (SSSR count). The fraction of sp³-hybridized carbons (Fsp3) is 0.137. The Labute approximate surface area is 314 Å². The molecule has 0 aliphatic heterocycles. The van der Waals surface area contributed by atoms with Gasteiger partial charge in [0.2, 0.25) is 0 Å². The van der Waals surface area contributed by atoms with Crippen molar-refractivity contribution >= 4 is 44.4 Å². The molecule has 0 saturated heterocycles. The normalized spacial score (nSPS) is 19.9. The summed E-state index contributed by atoms with van der Waals surface area (Å²) in [7, 11) is 0. The molecule has 5 aromatic carbocycles. The Kier molecular flexibility index (Phi) is 9.41. The van der Waals surface area contributed by atoms with Crippen LogP contribution in [0, 0.1) is 30.1 Å². The number of aromatic nitrogens is 1. The van der Waals surface area contributed by atoms with Gasteiger partial charge < -0.3 is 9.47 Å². The summed E-state index contributed by atoms with van der Waals surface area (Å²) in [6, 6.07) is 44.2. The number of rotatable bonds is 8. The summed E-state index contributed by atoms with van der Waals surface area (Å²) in [6.07, 6.45) is 27.6. The topological polar surface area (TPSA) is 8.17 Å². The lowest BCUT2D eigenvalue weighted by Crippen LogP contribution is -2.16. The standard InChI is InChI=1S/C51H44N2/c1-5-7-16-38(6-2)39-22-27-43(28-23-39)52(42-17-9-8-10-18-42)45-31-33-49-48-20-13-14-21-50(48)53(51(49)35-45)44-29-24-40(25-30-44)47-32-26-41(34-37(47)4)46-19-12-11-15-36(46)3/h1,6-37,46-47H,2-4H3/b16-7-,38-6+. The minimum atomic E-state index is 0.346. The number of fused-ring (bicyclic) bond motifs is 3. The Hall–Kier alpha value is -6.30. The van der Waals surface area contributed by atoms with E-state index in [2.05, 4.69) is 199 Å². The summed E-state index contributed by atoms with van der Waals surface area (Å²) in [4.78, 5) is 2.33. The Morgan fingerprint density at radius 2 is 1.38 bits per heavy atom. The predicted octanol–water partition coefficient (Wildman–Crippen LogP) is 13.4. The van der Waals surface area contributed by atoms with Crippen LogP contribution in [-0.2, 0) is 0 Å². The summed E-state index contributed by atoms with van der Waals surface area (Å²) in [5.74, 6) is 4.34. The number of hydrogen-bond donors (Lipinski definition) is 0. The van der Waals surface area contributed by atoms with E-state index < -0.39 is 0 Å². The highest BCUT2D eigenvalue weighted by Crippen LogP contribution is 2.41. The summed E-state index contributed by atoms with van der Waals surface area (Å²) >= 11 is 0. The van der Waals surface area contributed by atoms with E-state index in [-0.39, 0.29) is 0 Å². The van der Waals surface area contributed by atoms with Gasteiger partial charge in [-0.3, -0.25) is 0 Å². The van der Waals surface area contributed by atoms with Gasteiger partial charge in [-0.05, 0) is 108 Å². The second kappa shape index (κ2) is 14.7. The maximum absolute atomic E-state index is 5.51. The molecule has 0 N–H and O–H groups in total. The first kappa shape index (κ1) is 33.8. The van der Waals surface area contributed by atoms with Crippen LogP contribution in [-0.4, -0.2) is 4.57 Å². The van der Waals surface area contributed by atoms with Crippen LogP contribution < -0.4 is 4.90 Å². The summed E-state index contributed by atoms with van der Waals surface area (Å²) in [5.41, 5.74) is 11.8. The molecule has 6 aromatic rings. The number of allylic oxidation sites excluding steroid dienone is 12. The smallest absolute Gasteiger partial charge is 0.0561 e. The zero-order valence-corrected chi connectivity index (χ0v) is 30.6. The molecule has 4 atom stereocenters. The average Bonchev–Trinajstić information content (AvgIpc) is 3.53. The van der Waals surface area contributed by atoms with Gasteiger partial charge in [0.05, 0.1) is 11.0 Å². The van der Waals surface area contributed by atoms with E-state index in [0.29, 0.717) is 23.7 Å². The van der Waals surface area contributed by atoms with Crippen LogP contribution in [0.1, 0.15) is 37.8 Å². The third-order valence-electron chi connectivity index (χ3n) is 10.9. The van der Waals surface area contributed by atoms with Crippen LogP contribution in [0.4, 0.5) is 17.1 Å². The molecule has 0 spiro atoms. The Balaban J connectivity index is 1.17. The molecule has 53 heavy (non-hydrogen) atoms. The number of nitrogens with zero attached hydrogens (tertiary/aromatic N) is 2. The zero-order chi connectivity index (χ0) is 36.3. The van der Waals surface area contributed by atoms with E-state index >= 15 is 0 Å². The summed E-state index contributed by atoms with van der Waals surface area (Å²) < 4.78 is 2.42. The molecule has 258 valence electrons. The lowest BCUT2D eigenvalue weighted by molar-refractivity contribution is 0.558. The maximum Gasteiger partial charge on any atom is 0.0561 e. The first-order valence-corrected chi connectivity index (χ1v) is 18.7. The first-order chi connectivity index (χ1) is 26.0. The van der Waals surface area contributed by atoms with Gasteiger partial charge in [-0.1, -0.05) is 135 Å². The fourth-order valence-corrected chi connectivity index (χ4v) is 8.17. The fourth-order valence-electron chi connectivity index (χ4n) is 8.17. The van der Waals surface area contributed by atoms with Gasteiger partial charge in [0.15, 0.2) is 0 Å². The molecule has 2 nitrogen and oxygen atoms in total. The largest absolute Gasteiger partial charge is 0.310 e. The number of benzene rings is 5. The lowest BCUT2D eigenvalue weighted by atomic mass is 9.76. The Bertz CT molecular complexity index is 2490. The van der Waals surface area contributed by atoms with Crippen molar-refractivity contribution in [3.63, 3.8) is 0 Å². The van der Waals surface area contributed by atoms with E-state index in [1.165, 1.54) is 32.9 Å². The minimum absolute atomic E-state index is 0.346. The molecule has 0 fully saturated rings. The van der Waals surface area contributed by atoms with Crippen molar-refractivity contribution in [2.24, 2.45) is 17.8 Å². The summed E-state index contributed by atoms with van der Waals surface area (Å²) in [5, 5.41) is 2.48. The van der Waals surface area contributed by atoms with Crippen LogP contribution in [0.3, 0.4) is 0 Å². The van der Waals surface area contributed by atoms with Gasteiger partial charge in [0.25, 0.3) is 0 Å². The summed E-state index contributed by atoms with van der Waals surface area (Å²) in [6.45, 7) is 6.70. The van der Waals surface area contributed by atoms with Crippen LogP contribution in [0.5, 0.6) is 0 Å². The van der Waals surface area contributed by atoms with Crippen LogP contribution in [0.2, 0.25) is 0 Å². The molecule has 4 unspecified atom stereocenters. The van der Waals surface area contributed by atoms with Gasteiger partial charge in [-0.15, -0.1) is 6.42 Å². The van der Waals surface area contributed by atoms with E-state index in [9.17, 15) is 0 Å². The monoisotopic (exact) mass is 684 g/mol. The number of para-hydroxylation sites is 2. The molecule has 2 aliphatic carbocycles. The van der Waals surface area contributed by atoms with Crippen molar-refractivity contribution in [3.05, 3.63) is 199 Å². The van der Waals surface area contributed by atoms with Crippen molar-refractivity contribution in [1.82, 2.24) is 4.57 Å². The van der Waals surface area contributed by atoms with E-state index in [1.807, 2.05) is 13.0 Å². The molecule has 0 amide bonds. The number of anilines is 3. The quantitative estimate of drug-likeness (QED) is 0.114. The highest BCUT2D eigenvalue weighted by atomic mass is 15.1. The second-order valence-corrected chi connectivity index (χ2v) is 14.2. The van der Waals surface area contributed by atoms with Gasteiger partial charge in [-0.25, -0.2) is 0 Å². The Morgan fingerprint density at radius 1 is 0.679 bits per heavy atom. The third kappa shape index (κ3) is 6.52. The van der Waals surface area contributed by atoms with Gasteiger partial charge in [0, 0.05) is 45.4 Å². The van der Waals surface area contributed by atoms with E-state index in [1.54, 1.807) is 6.08 Å². The van der Waals surface area contributed by atoms with Gasteiger partial charge >= 0.3 is 0 Å².